The fourth-order valence-corrected chi connectivity index (χ4v) is 2.93. The van der Waals surface area contributed by atoms with Gasteiger partial charge < -0.3 is 4.57 Å². The summed E-state index contributed by atoms with van der Waals surface area (Å²) in [4.78, 5) is 8.97. The monoisotopic (exact) mass is 279 g/mol. The lowest BCUT2D eigenvalue weighted by Gasteiger charge is -2.08. The van der Waals surface area contributed by atoms with Crippen LogP contribution in [0.5, 0.6) is 0 Å². The molecule has 1 aliphatic heterocycles. The van der Waals surface area contributed by atoms with Crippen molar-refractivity contribution in [2.45, 2.75) is 19.4 Å². The maximum Gasteiger partial charge on any atom is 0.123 e. The molecule has 0 saturated carbocycles. The zero-order chi connectivity index (χ0) is 14.2. The number of pyridine rings is 1. The van der Waals surface area contributed by atoms with Crippen LogP contribution in [0.1, 0.15) is 12.2 Å². The molecule has 0 fully saturated rings. The molecule has 4 heteroatoms. The Morgan fingerprint density at radius 3 is 2.67 bits per heavy atom. The third-order valence-electron chi connectivity index (χ3n) is 3.88. The van der Waals surface area contributed by atoms with Crippen LogP contribution in [0.4, 0.5) is 4.39 Å². The topological polar surface area (TPSA) is 30.7 Å². The fraction of sp³-hybridized carbons (Fsp3) is 0.176. The summed E-state index contributed by atoms with van der Waals surface area (Å²) in [5.41, 5.74) is 3.99. The molecule has 2 aromatic heterocycles. The minimum absolute atomic E-state index is 0.220. The average molecular weight is 279 g/mol. The molecule has 3 heterocycles. The molecular formula is C17H14FN3. The van der Waals surface area contributed by atoms with E-state index in [9.17, 15) is 4.39 Å². The van der Waals surface area contributed by atoms with Crippen LogP contribution in [-0.4, -0.2) is 14.5 Å². The quantitative estimate of drug-likeness (QED) is 0.716. The Balaban J connectivity index is 1.94. The van der Waals surface area contributed by atoms with Crippen molar-refractivity contribution >= 4 is 0 Å². The van der Waals surface area contributed by atoms with Crippen molar-refractivity contribution < 1.29 is 4.39 Å². The highest BCUT2D eigenvalue weighted by atomic mass is 19.1. The van der Waals surface area contributed by atoms with E-state index in [-0.39, 0.29) is 5.82 Å². The molecule has 0 N–H and O–H groups in total. The second kappa shape index (κ2) is 4.81. The number of fused-ring (bicyclic) bond motifs is 1. The fourth-order valence-electron chi connectivity index (χ4n) is 2.93. The predicted octanol–water partition coefficient (Wildman–Crippen LogP) is 3.70. The first-order chi connectivity index (χ1) is 10.3. The van der Waals surface area contributed by atoms with Crippen LogP contribution in [-0.2, 0) is 13.0 Å². The standard InChI is InChI=1S/C17H14FN3/c18-14-7-5-12(6-8-14)17-16(13-3-1-9-19-11-13)20-15-4-2-10-21(15)17/h1,3,5-9,11H,2,4,10H2. The number of hydrogen-bond donors (Lipinski definition) is 0. The average Bonchev–Trinajstić information content (AvgIpc) is 3.10. The predicted molar refractivity (Wildman–Crippen MR) is 79.2 cm³/mol. The molecule has 0 unspecified atom stereocenters. The third-order valence-corrected chi connectivity index (χ3v) is 3.88. The van der Waals surface area contributed by atoms with E-state index in [0.717, 1.165) is 47.7 Å². The van der Waals surface area contributed by atoms with Gasteiger partial charge in [-0.1, -0.05) is 0 Å². The summed E-state index contributed by atoms with van der Waals surface area (Å²) in [6.07, 6.45) is 5.69. The molecule has 0 spiro atoms. The summed E-state index contributed by atoms with van der Waals surface area (Å²) in [6, 6.07) is 10.6. The first-order valence-corrected chi connectivity index (χ1v) is 7.08. The van der Waals surface area contributed by atoms with Crippen LogP contribution in [0.2, 0.25) is 0 Å². The molecule has 0 saturated heterocycles. The van der Waals surface area contributed by atoms with Crippen LogP contribution in [0.15, 0.2) is 48.8 Å². The molecule has 0 bridgehead atoms. The van der Waals surface area contributed by atoms with Gasteiger partial charge in [0.2, 0.25) is 0 Å². The van der Waals surface area contributed by atoms with E-state index in [1.807, 2.05) is 30.5 Å². The van der Waals surface area contributed by atoms with E-state index in [1.165, 1.54) is 12.1 Å². The first kappa shape index (κ1) is 12.3. The summed E-state index contributed by atoms with van der Waals surface area (Å²) in [6.45, 7) is 0.968. The van der Waals surface area contributed by atoms with Crippen LogP contribution < -0.4 is 0 Å². The zero-order valence-corrected chi connectivity index (χ0v) is 11.5. The molecule has 3 aromatic rings. The van der Waals surface area contributed by atoms with Crippen molar-refractivity contribution in [1.82, 2.24) is 14.5 Å². The van der Waals surface area contributed by atoms with E-state index in [2.05, 4.69) is 9.55 Å². The van der Waals surface area contributed by atoms with Gasteiger partial charge in [0.25, 0.3) is 0 Å². The largest absolute Gasteiger partial charge is 0.327 e. The van der Waals surface area contributed by atoms with Crippen molar-refractivity contribution in [3.05, 3.63) is 60.4 Å². The van der Waals surface area contributed by atoms with Crippen molar-refractivity contribution in [3.8, 4) is 22.5 Å². The summed E-state index contributed by atoms with van der Waals surface area (Å²) < 4.78 is 15.4. The molecule has 0 aliphatic carbocycles. The summed E-state index contributed by atoms with van der Waals surface area (Å²) in [5, 5.41) is 0. The van der Waals surface area contributed by atoms with Crippen LogP contribution in [0, 0.1) is 5.82 Å². The molecule has 1 aliphatic rings. The van der Waals surface area contributed by atoms with Gasteiger partial charge in [-0.2, -0.15) is 0 Å². The number of benzene rings is 1. The maximum atomic E-state index is 13.2. The number of hydrogen-bond acceptors (Lipinski definition) is 2. The van der Waals surface area contributed by atoms with Gasteiger partial charge in [0, 0.05) is 36.5 Å². The molecule has 21 heavy (non-hydrogen) atoms. The van der Waals surface area contributed by atoms with E-state index in [1.54, 1.807) is 6.20 Å². The number of halogens is 1. The molecule has 104 valence electrons. The Morgan fingerprint density at radius 1 is 1.05 bits per heavy atom. The van der Waals surface area contributed by atoms with Gasteiger partial charge in [-0.15, -0.1) is 0 Å². The highest BCUT2D eigenvalue weighted by molar-refractivity contribution is 5.78. The highest BCUT2D eigenvalue weighted by Crippen LogP contribution is 2.35. The number of aromatic nitrogens is 3. The second-order valence-electron chi connectivity index (χ2n) is 5.23. The first-order valence-electron chi connectivity index (χ1n) is 7.08. The lowest BCUT2D eigenvalue weighted by atomic mass is 10.1. The van der Waals surface area contributed by atoms with Gasteiger partial charge in [0.05, 0.1) is 11.4 Å². The van der Waals surface area contributed by atoms with Gasteiger partial charge in [-0.25, -0.2) is 9.37 Å². The van der Waals surface area contributed by atoms with Crippen LogP contribution in [0.25, 0.3) is 22.5 Å². The molecule has 4 rings (SSSR count). The Morgan fingerprint density at radius 2 is 1.90 bits per heavy atom. The molecule has 3 nitrogen and oxygen atoms in total. The zero-order valence-electron chi connectivity index (χ0n) is 11.5. The Kier molecular flexibility index (Phi) is 2.81. The normalized spacial score (nSPS) is 13.4. The summed E-state index contributed by atoms with van der Waals surface area (Å²) >= 11 is 0. The van der Waals surface area contributed by atoms with Crippen LogP contribution >= 0.6 is 0 Å². The van der Waals surface area contributed by atoms with E-state index in [4.69, 9.17) is 4.98 Å². The summed E-state index contributed by atoms with van der Waals surface area (Å²) in [5.74, 6) is 0.885. The Labute approximate surface area is 122 Å². The molecule has 0 amide bonds. The number of nitrogens with zero attached hydrogens (tertiary/aromatic N) is 3. The maximum absolute atomic E-state index is 13.2. The van der Waals surface area contributed by atoms with Crippen LogP contribution in [0.3, 0.4) is 0 Å². The lowest BCUT2D eigenvalue weighted by Crippen LogP contribution is -1.96. The minimum atomic E-state index is -0.220. The van der Waals surface area contributed by atoms with E-state index < -0.39 is 0 Å². The second-order valence-corrected chi connectivity index (χ2v) is 5.23. The van der Waals surface area contributed by atoms with Crippen molar-refractivity contribution in [1.29, 1.82) is 0 Å². The molecule has 0 atom stereocenters. The smallest absolute Gasteiger partial charge is 0.123 e. The summed E-state index contributed by atoms with van der Waals surface area (Å²) in [7, 11) is 0. The Hall–Kier alpha value is -2.49. The minimum Gasteiger partial charge on any atom is -0.327 e. The van der Waals surface area contributed by atoms with Crippen molar-refractivity contribution in [3.63, 3.8) is 0 Å². The molecule has 1 aromatic carbocycles. The van der Waals surface area contributed by atoms with Gasteiger partial charge in [0.1, 0.15) is 11.6 Å². The van der Waals surface area contributed by atoms with E-state index in [0.29, 0.717) is 0 Å². The SMILES string of the molecule is Fc1ccc(-c2c(-c3cccnc3)nc3n2CCC3)cc1. The number of imidazole rings is 1. The molecular weight excluding hydrogens is 265 g/mol. The van der Waals surface area contributed by atoms with E-state index >= 15 is 0 Å². The van der Waals surface area contributed by atoms with Gasteiger partial charge >= 0.3 is 0 Å². The van der Waals surface area contributed by atoms with Gasteiger partial charge in [-0.05, 0) is 42.8 Å². The van der Waals surface area contributed by atoms with Crippen molar-refractivity contribution in [2.75, 3.05) is 0 Å². The van der Waals surface area contributed by atoms with Crippen molar-refractivity contribution in [2.24, 2.45) is 0 Å². The van der Waals surface area contributed by atoms with Gasteiger partial charge in [-0.3, -0.25) is 4.98 Å². The highest BCUT2D eigenvalue weighted by Gasteiger charge is 2.23. The van der Waals surface area contributed by atoms with Gasteiger partial charge in [0.15, 0.2) is 0 Å². The molecule has 0 radical (unpaired) electrons. The Bertz CT molecular complexity index is 776. The number of aryl methyl sites for hydroxylation is 1. The third kappa shape index (κ3) is 2.03. The lowest BCUT2D eigenvalue weighted by molar-refractivity contribution is 0.628. The number of rotatable bonds is 2.